The number of carbonyl (C=O) groups excluding carboxylic acids is 1. The summed E-state index contributed by atoms with van der Waals surface area (Å²) in [6.45, 7) is 7.54. The molecule has 0 spiro atoms. The molecular formula is C14H20O3. The van der Waals surface area contributed by atoms with Gasteiger partial charge in [-0.15, -0.1) is 0 Å². The lowest BCUT2D eigenvalue weighted by Gasteiger charge is -2.74. The molecule has 0 aromatic carbocycles. The lowest BCUT2D eigenvalue weighted by Crippen LogP contribution is -2.75. The van der Waals surface area contributed by atoms with Crippen molar-refractivity contribution in [2.75, 3.05) is 0 Å². The highest BCUT2D eigenvalue weighted by Gasteiger charge is 2.74. The lowest BCUT2D eigenvalue weighted by atomic mass is 9.33. The van der Waals surface area contributed by atoms with Crippen LogP contribution in [0.5, 0.6) is 0 Å². The molecule has 0 heterocycles. The Labute approximate surface area is 102 Å². The van der Waals surface area contributed by atoms with Crippen molar-refractivity contribution in [3.05, 3.63) is 12.7 Å². The monoisotopic (exact) mass is 236 g/mol. The minimum atomic E-state index is -0.710. The van der Waals surface area contributed by atoms with Crippen LogP contribution in [0, 0.1) is 17.3 Å². The van der Waals surface area contributed by atoms with Gasteiger partial charge in [-0.1, -0.05) is 13.5 Å². The Morgan fingerprint density at radius 1 is 1.41 bits per heavy atom. The van der Waals surface area contributed by atoms with Gasteiger partial charge >= 0.3 is 5.97 Å². The van der Waals surface area contributed by atoms with Crippen LogP contribution in [-0.4, -0.2) is 22.3 Å². The van der Waals surface area contributed by atoms with Crippen molar-refractivity contribution in [2.24, 2.45) is 17.3 Å². The predicted molar refractivity (Wildman–Crippen MR) is 63.2 cm³/mol. The number of ether oxygens (including phenoxy) is 1. The third-order valence-electron chi connectivity index (χ3n) is 5.06. The smallest absolute Gasteiger partial charge is 0.330 e. The predicted octanol–water partition coefficient (Wildman–Crippen LogP) is 2.05. The molecule has 3 heteroatoms. The van der Waals surface area contributed by atoms with Gasteiger partial charge in [-0.3, -0.25) is 0 Å². The standard InChI is InChI=1S/C14H20O3/c1-4-10(15)17-14-6-9-5-12(2,11(9)14)7-13(3,16)8-14/h4,9,11,16H,1,5-8H2,2-3H3. The summed E-state index contributed by atoms with van der Waals surface area (Å²) in [6.07, 6.45) is 4.72. The van der Waals surface area contributed by atoms with E-state index in [-0.39, 0.29) is 11.4 Å². The van der Waals surface area contributed by atoms with Gasteiger partial charge in [0, 0.05) is 18.4 Å². The fourth-order valence-corrected chi connectivity index (χ4v) is 5.24. The van der Waals surface area contributed by atoms with Crippen LogP contribution >= 0.6 is 0 Å². The summed E-state index contributed by atoms with van der Waals surface area (Å²) in [5, 5.41) is 10.4. The Hall–Kier alpha value is -0.830. The summed E-state index contributed by atoms with van der Waals surface area (Å²) in [5.74, 6) is 0.809. The van der Waals surface area contributed by atoms with Crippen molar-refractivity contribution in [3.8, 4) is 0 Å². The maximum absolute atomic E-state index is 11.5. The number of aliphatic hydroxyl groups is 1. The molecule has 5 atom stereocenters. The maximum atomic E-state index is 11.5. The van der Waals surface area contributed by atoms with Crippen LogP contribution in [0.3, 0.4) is 0 Å². The summed E-state index contributed by atoms with van der Waals surface area (Å²) >= 11 is 0. The molecule has 5 unspecified atom stereocenters. The van der Waals surface area contributed by atoms with Crippen LogP contribution in [0.4, 0.5) is 0 Å². The van der Waals surface area contributed by atoms with Crippen LogP contribution in [0.2, 0.25) is 0 Å². The van der Waals surface area contributed by atoms with E-state index < -0.39 is 11.2 Å². The zero-order valence-corrected chi connectivity index (χ0v) is 10.5. The number of hydrogen-bond donors (Lipinski definition) is 1. The van der Waals surface area contributed by atoms with E-state index in [4.69, 9.17) is 4.74 Å². The minimum absolute atomic E-state index is 0.159. The fourth-order valence-electron chi connectivity index (χ4n) is 5.24. The second-order valence-corrected chi connectivity index (χ2v) is 6.84. The molecule has 3 saturated carbocycles. The first-order chi connectivity index (χ1) is 7.80. The number of carbonyl (C=O) groups is 1. The Kier molecular flexibility index (Phi) is 1.95. The summed E-state index contributed by atoms with van der Waals surface area (Å²) in [4.78, 5) is 11.5. The molecule has 3 aliphatic rings. The molecule has 0 aliphatic heterocycles. The number of esters is 1. The van der Waals surface area contributed by atoms with E-state index in [1.54, 1.807) is 0 Å². The second kappa shape index (κ2) is 2.94. The second-order valence-electron chi connectivity index (χ2n) is 6.84. The van der Waals surface area contributed by atoms with Gasteiger partial charge in [0.25, 0.3) is 0 Å². The topological polar surface area (TPSA) is 46.5 Å². The molecule has 0 aromatic heterocycles. The third-order valence-corrected chi connectivity index (χ3v) is 5.06. The van der Waals surface area contributed by atoms with Gasteiger partial charge in [-0.05, 0) is 37.5 Å². The summed E-state index contributed by atoms with van der Waals surface area (Å²) in [6, 6.07) is 0. The molecule has 3 aliphatic carbocycles. The summed E-state index contributed by atoms with van der Waals surface area (Å²) in [5.41, 5.74) is -0.963. The average molecular weight is 236 g/mol. The normalized spacial score (nSPS) is 55.0. The third kappa shape index (κ3) is 1.35. The number of rotatable bonds is 2. The van der Waals surface area contributed by atoms with Crippen molar-refractivity contribution in [2.45, 2.75) is 50.7 Å². The zero-order valence-electron chi connectivity index (χ0n) is 10.5. The van der Waals surface area contributed by atoms with Gasteiger partial charge in [0.1, 0.15) is 5.60 Å². The van der Waals surface area contributed by atoms with E-state index >= 15 is 0 Å². The van der Waals surface area contributed by atoms with Crippen LogP contribution in [0.25, 0.3) is 0 Å². The largest absolute Gasteiger partial charge is 0.455 e. The van der Waals surface area contributed by atoms with E-state index in [1.807, 2.05) is 6.92 Å². The van der Waals surface area contributed by atoms with Crippen LogP contribution in [0.1, 0.15) is 39.5 Å². The van der Waals surface area contributed by atoms with Crippen molar-refractivity contribution >= 4 is 5.97 Å². The first kappa shape index (κ1) is 11.3. The SMILES string of the molecule is C=CC(=O)OC12CC3CC(C)(CC(C)(O)C1)C32. The molecule has 0 aromatic rings. The van der Waals surface area contributed by atoms with Crippen LogP contribution < -0.4 is 0 Å². The molecule has 17 heavy (non-hydrogen) atoms. The Bertz CT molecular complexity index is 400. The van der Waals surface area contributed by atoms with E-state index in [2.05, 4.69) is 13.5 Å². The molecule has 3 rings (SSSR count). The van der Waals surface area contributed by atoms with Gasteiger partial charge in [-0.2, -0.15) is 0 Å². The summed E-state index contributed by atoms with van der Waals surface area (Å²) < 4.78 is 5.61. The first-order valence-electron chi connectivity index (χ1n) is 6.38. The van der Waals surface area contributed by atoms with Gasteiger partial charge in [0.2, 0.25) is 0 Å². The quantitative estimate of drug-likeness (QED) is 0.589. The van der Waals surface area contributed by atoms with Crippen LogP contribution in [0.15, 0.2) is 12.7 Å². The van der Waals surface area contributed by atoms with Crippen molar-refractivity contribution < 1.29 is 14.6 Å². The van der Waals surface area contributed by atoms with E-state index in [0.717, 1.165) is 12.8 Å². The lowest BCUT2D eigenvalue weighted by molar-refractivity contribution is -0.319. The molecule has 0 radical (unpaired) electrons. The molecule has 0 amide bonds. The number of hydrogen-bond acceptors (Lipinski definition) is 3. The van der Waals surface area contributed by atoms with Crippen molar-refractivity contribution in [3.63, 3.8) is 0 Å². The Balaban J connectivity index is 1.89. The highest BCUT2D eigenvalue weighted by Crippen LogP contribution is 2.74. The van der Waals surface area contributed by atoms with Crippen molar-refractivity contribution in [1.29, 1.82) is 0 Å². The molecule has 0 bridgehead atoms. The Morgan fingerprint density at radius 3 is 2.71 bits per heavy atom. The Morgan fingerprint density at radius 2 is 2.12 bits per heavy atom. The first-order valence-corrected chi connectivity index (χ1v) is 6.38. The molecular weight excluding hydrogens is 216 g/mol. The highest BCUT2D eigenvalue weighted by molar-refractivity contribution is 5.81. The molecule has 3 nitrogen and oxygen atoms in total. The van der Waals surface area contributed by atoms with E-state index in [1.165, 1.54) is 12.5 Å². The zero-order chi connectivity index (χ0) is 12.5. The average Bonchev–Trinajstić information content (AvgIpc) is 2.10. The van der Waals surface area contributed by atoms with Crippen LogP contribution in [-0.2, 0) is 9.53 Å². The van der Waals surface area contributed by atoms with Gasteiger partial charge in [-0.25, -0.2) is 4.79 Å². The van der Waals surface area contributed by atoms with E-state index in [9.17, 15) is 9.90 Å². The van der Waals surface area contributed by atoms with Gasteiger partial charge < -0.3 is 9.84 Å². The van der Waals surface area contributed by atoms with Gasteiger partial charge in [0.05, 0.1) is 5.60 Å². The fraction of sp³-hybridized carbons (Fsp3) is 0.786. The summed E-state index contributed by atoms with van der Waals surface area (Å²) in [7, 11) is 0. The highest BCUT2D eigenvalue weighted by atomic mass is 16.6. The molecule has 0 saturated heterocycles. The van der Waals surface area contributed by atoms with E-state index in [0.29, 0.717) is 18.3 Å². The molecule has 3 fully saturated rings. The maximum Gasteiger partial charge on any atom is 0.330 e. The van der Waals surface area contributed by atoms with Crippen molar-refractivity contribution in [1.82, 2.24) is 0 Å². The molecule has 94 valence electrons. The van der Waals surface area contributed by atoms with Gasteiger partial charge in [0.15, 0.2) is 0 Å². The molecule has 1 N–H and O–H groups in total. The minimum Gasteiger partial charge on any atom is -0.455 e.